The second-order valence-corrected chi connectivity index (χ2v) is 10.8. The van der Waals surface area contributed by atoms with Crippen molar-refractivity contribution in [2.45, 2.75) is 13.3 Å². The highest BCUT2D eigenvalue weighted by atomic mass is 35.5. The molecule has 8 nitrogen and oxygen atoms in total. The summed E-state index contributed by atoms with van der Waals surface area (Å²) >= 11 is 7.84. The van der Waals surface area contributed by atoms with Crippen molar-refractivity contribution < 1.29 is 9.47 Å². The zero-order chi connectivity index (χ0) is 29.1. The highest BCUT2D eigenvalue weighted by Crippen LogP contribution is 2.32. The maximum absolute atomic E-state index is 13.4. The number of benzene rings is 3. The maximum Gasteiger partial charge on any atom is 0.291 e. The Morgan fingerprint density at radius 3 is 2.52 bits per heavy atom. The van der Waals surface area contributed by atoms with Crippen LogP contribution in [0.5, 0.6) is 11.5 Å². The molecule has 0 aliphatic rings. The first-order valence-corrected chi connectivity index (χ1v) is 14.5. The lowest BCUT2D eigenvalue weighted by Crippen LogP contribution is -2.23. The number of ether oxygens (including phenoxy) is 2. The highest BCUT2D eigenvalue weighted by Gasteiger charge is 2.15. The minimum Gasteiger partial charge on any atom is -0.497 e. The van der Waals surface area contributed by atoms with Gasteiger partial charge in [0.2, 0.25) is 4.96 Å². The molecule has 0 spiro atoms. The molecule has 3 heterocycles. The van der Waals surface area contributed by atoms with Crippen LogP contribution in [0.2, 0.25) is 5.02 Å². The lowest BCUT2D eigenvalue weighted by Gasteiger charge is -2.08. The highest BCUT2D eigenvalue weighted by molar-refractivity contribution is 7.15. The largest absolute Gasteiger partial charge is 0.497 e. The third-order valence-corrected chi connectivity index (χ3v) is 7.71. The molecule has 0 bridgehead atoms. The summed E-state index contributed by atoms with van der Waals surface area (Å²) < 4.78 is 14.6. The smallest absolute Gasteiger partial charge is 0.291 e. The molecule has 0 saturated heterocycles. The van der Waals surface area contributed by atoms with E-state index in [0.717, 1.165) is 34.5 Å². The van der Waals surface area contributed by atoms with Crippen LogP contribution in [0.25, 0.3) is 40.1 Å². The number of hydrogen-bond donors (Lipinski definition) is 0. The molecule has 0 N–H and O–H groups in total. The van der Waals surface area contributed by atoms with Crippen molar-refractivity contribution in [3.63, 3.8) is 0 Å². The third-order valence-electron chi connectivity index (χ3n) is 6.46. The van der Waals surface area contributed by atoms with Gasteiger partial charge in [0.25, 0.3) is 5.56 Å². The summed E-state index contributed by atoms with van der Waals surface area (Å²) in [6.07, 6.45) is 8.29. The van der Waals surface area contributed by atoms with E-state index in [0.29, 0.717) is 38.4 Å². The van der Waals surface area contributed by atoms with Crippen molar-refractivity contribution >= 4 is 46.1 Å². The van der Waals surface area contributed by atoms with Crippen LogP contribution in [0.1, 0.15) is 30.3 Å². The number of hydrogen-bond acceptors (Lipinski definition) is 7. The molecule has 0 unspecified atom stereocenters. The number of para-hydroxylation sites is 1. The molecule has 210 valence electrons. The van der Waals surface area contributed by atoms with Crippen molar-refractivity contribution in [3.05, 3.63) is 116 Å². The van der Waals surface area contributed by atoms with Gasteiger partial charge < -0.3 is 9.47 Å². The van der Waals surface area contributed by atoms with Gasteiger partial charge in [-0.2, -0.15) is 14.6 Å². The molecule has 3 aromatic carbocycles. The summed E-state index contributed by atoms with van der Waals surface area (Å²) in [5.41, 5.74) is 3.88. The molecule has 42 heavy (non-hydrogen) atoms. The van der Waals surface area contributed by atoms with Gasteiger partial charge in [-0.15, -0.1) is 5.10 Å². The molecule has 0 radical (unpaired) electrons. The predicted molar refractivity (Wildman–Crippen MR) is 168 cm³/mol. The lowest BCUT2D eigenvalue weighted by atomic mass is 10.1. The van der Waals surface area contributed by atoms with Gasteiger partial charge in [-0.3, -0.25) is 4.79 Å². The Labute approximate surface area is 250 Å². The number of aromatic nitrogens is 5. The third kappa shape index (κ3) is 5.70. The van der Waals surface area contributed by atoms with Gasteiger partial charge in [-0.1, -0.05) is 66.3 Å². The monoisotopic (exact) mass is 595 g/mol. The van der Waals surface area contributed by atoms with E-state index >= 15 is 0 Å². The predicted octanol–water partition coefficient (Wildman–Crippen LogP) is 6.17. The Morgan fingerprint density at radius 2 is 1.81 bits per heavy atom. The van der Waals surface area contributed by atoms with E-state index in [1.807, 2.05) is 98.1 Å². The molecular formula is C32H26ClN5O3S. The molecule has 3 aromatic heterocycles. The van der Waals surface area contributed by atoms with Crippen molar-refractivity contribution in [1.29, 1.82) is 0 Å². The first kappa shape index (κ1) is 27.4. The van der Waals surface area contributed by atoms with E-state index in [1.165, 1.54) is 15.9 Å². The van der Waals surface area contributed by atoms with Crippen molar-refractivity contribution in [2.75, 3.05) is 13.7 Å². The van der Waals surface area contributed by atoms with Crippen LogP contribution >= 0.6 is 22.9 Å². The van der Waals surface area contributed by atoms with Gasteiger partial charge in [0.1, 0.15) is 17.2 Å². The molecule has 0 aliphatic carbocycles. The average molecular weight is 596 g/mol. The van der Waals surface area contributed by atoms with Crippen LogP contribution in [0.15, 0.2) is 83.8 Å². The number of nitrogens with zero attached hydrogens (tertiary/aromatic N) is 5. The molecule has 0 amide bonds. The fourth-order valence-corrected chi connectivity index (χ4v) is 5.49. The number of methoxy groups -OCH3 is 1. The van der Waals surface area contributed by atoms with E-state index < -0.39 is 0 Å². The van der Waals surface area contributed by atoms with Crippen LogP contribution in [-0.2, 0) is 0 Å². The Kier molecular flexibility index (Phi) is 7.85. The van der Waals surface area contributed by atoms with E-state index in [1.54, 1.807) is 17.9 Å². The molecule has 10 heteroatoms. The van der Waals surface area contributed by atoms with E-state index in [4.69, 9.17) is 26.2 Å². The summed E-state index contributed by atoms with van der Waals surface area (Å²) in [6, 6.07) is 23.0. The van der Waals surface area contributed by atoms with Gasteiger partial charge in [-0.25, -0.2) is 4.68 Å². The Balaban J connectivity index is 1.37. The molecule has 0 aliphatic heterocycles. The fourth-order valence-electron chi connectivity index (χ4n) is 4.35. The molecule has 6 aromatic rings. The van der Waals surface area contributed by atoms with E-state index in [2.05, 4.69) is 10.1 Å². The lowest BCUT2D eigenvalue weighted by molar-refractivity contribution is 0.317. The minimum atomic E-state index is -0.244. The van der Waals surface area contributed by atoms with Crippen LogP contribution < -0.4 is 19.6 Å². The zero-order valence-corrected chi connectivity index (χ0v) is 24.5. The minimum absolute atomic E-state index is 0.244. The Bertz CT molecular complexity index is 2000. The SMILES string of the molecule is CCCOc1ccc(-c2nn(-c3ccccc3)cc2/C=c2\sc3nc(/C=C/c4ccc(OC)cc4)nn3c2=O)cc1Cl. The molecule has 0 fully saturated rings. The fraction of sp³-hybridized carbons (Fsp3) is 0.125. The van der Waals surface area contributed by atoms with Crippen LogP contribution in [0, 0.1) is 0 Å². The summed E-state index contributed by atoms with van der Waals surface area (Å²) in [5, 5.41) is 9.78. The van der Waals surface area contributed by atoms with Crippen molar-refractivity contribution in [3.8, 4) is 28.4 Å². The second-order valence-electron chi connectivity index (χ2n) is 9.39. The quantitative estimate of drug-likeness (QED) is 0.199. The zero-order valence-electron chi connectivity index (χ0n) is 22.9. The van der Waals surface area contributed by atoms with Crippen LogP contribution in [0.4, 0.5) is 0 Å². The average Bonchev–Trinajstić information content (AvgIpc) is 3.70. The second kappa shape index (κ2) is 12.0. The molecule has 6 rings (SSSR count). The topological polar surface area (TPSA) is 83.5 Å². The van der Waals surface area contributed by atoms with Crippen molar-refractivity contribution in [1.82, 2.24) is 24.4 Å². The van der Waals surface area contributed by atoms with Gasteiger partial charge >= 0.3 is 0 Å². The number of halogens is 1. The Morgan fingerprint density at radius 1 is 1.00 bits per heavy atom. The van der Waals surface area contributed by atoms with E-state index in [-0.39, 0.29) is 5.56 Å². The number of thiazole rings is 1. The summed E-state index contributed by atoms with van der Waals surface area (Å²) in [5.74, 6) is 1.86. The van der Waals surface area contributed by atoms with Crippen LogP contribution in [-0.4, -0.2) is 38.1 Å². The van der Waals surface area contributed by atoms with Gasteiger partial charge in [0, 0.05) is 17.3 Å². The molecule has 0 saturated carbocycles. The standard InChI is InChI=1S/C32H26ClN5O3S/c1-3-17-41-27-15-12-22(18-26(27)33)30-23(20-37(36-30)24-7-5-4-6-8-24)19-28-31(39)38-32(42-28)34-29(35-38)16-11-21-9-13-25(40-2)14-10-21/h4-16,18-20H,3,17H2,1-2H3/b16-11+,28-19-. The van der Waals surface area contributed by atoms with Crippen molar-refractivity contribution in [2.24, 2.45) is 0 Å². The molecule has 0 atom stereocenters. The maximum atomic E-state index is 13.4. The van der Waals surface area contributed by atoms with Gasteiger partial charge in [0.05, 0.1) is 29.0 Å². The normalized spacial score (nSPS) is 12.0. The first-order chi connectivity index (χ1) is 20.5. The summed E-state index contributed by atoms with van der Waals surface area (Å²) in [4.78, 5) is 18.4. The first-order valence-electron chi connectivity index (χ1n) is 13.3. The number of fused-ring (bicyclic) bond motifs is 1. The number of rotatable bonds is 9. The van der Waals surface area contributed by atoms with Gasteiger partial charge in [0.15, 0.2) is 5.82 Å². The van der Waals surface area contributed by atoms with Gasteiger partial charge in [-0.05, 0) is 66.6 Å². The summed E-state index contributed by atoms with van der Waals surface area (Å²) in [6.45, 7) is 2.63. The van der Waals surface area contributed by atoms with E-state index in [9.17, 15) is 4.79 Å². The summed E-state index contributed by atoms with van der Waals surface area (Å²) in [7, 11) is 1.63. The van der Waals surface area contributed by atoms with Crippen LogP contribution in [0.3, 0.4) is 0 Å². The Hall–Kier alpha value is -4.73. The molecular weight excluding hydrogens is 570 g/mol.